The molecule has 5 heteroatoms. The van der Waals surface area contributed by atoms with Crippen LogP contribution in [0.3, 0.4) is 0 Å². The molecule has 0 aliphatic carbocycles. The summed E-state index contributed by atoms with van der Waals surface area (Å²) in [6.45, 7) is 5.43. The van der Waals surface area contributed by atoms with E-state index in [1.807, 2.05) is 24.3 Å². The van der Waals surface area contributed by atoms with Crippen LogP contribution in [0.25, 0.3) is 10.9 Å². The molecular weight excluding hydrogens is 354 g/mol. The molecule has 140 valence electrons. The van der Waals surface area contributed by atoms with Gasteiger partial charge in [0.1, 0.15) is 5.75 Å². The van der Waals surface area contributed by atoms with E-state index in [1.165, 1.54) is 22.2 Å². The van der Waals surface area contributed by atoms with Gasteiger partial charge in [0.25, 0.3) is 0 Å². The maximum absolute atomic E-state index is 5.79. The van der Waals surface area contributed by atoms with Crippen LogP contribution in [-0.4, -0.2) is 28.7 Å². The van der Waals surface area contributed by atoms with Gasteiger partial charge in [-0.15, -0.1) is 0 Å². The molecule has 0 saturated heterocycles. The molecule has 1 atom stereocenters. The van der Waals surface area contributed by atoms with Crippen molar-refractivity contribution in [1.82, 2.24) is 9.88 Å². The predicted molar refractivity (Wildman–Crippen MR) is 116 cm³/mol. The second-order valence-electron chi connectivity index (χ2n) is 7.35. The van der Waals surface area contributed by atoms with Crippen LogP contribution in [0.1, 0.15) is 31.1 Å². The number of nitrogens with one attached hydrogen (secondary N) is 2. The first-order valence-corrected chi connectivity index (χ1v) is 9.80. The fraction of sp³-hybridized carbons (Fsp3) is 0.318. The van der Waals surface area contributed by atoms with Crippen LogP contribution < -0.4 is 10.1 Å². The monoisotopic (exact) mass is 379 g/mol. The van der Waals surface area contributed by atoms with Crippen molar-refractivity contribution in [2.24, 2.45) is 5.92 Å². The molecule has 2 aromatic carbocycles. The number of thiocarbonyl (C=S) groups is 1. The maximum Gasteiger partial charge on any atom is 0.174 e. The SMILES string of the molecule is COc1ccc(NC(=S)N2CCc3c([nH]c4ccccc34)[C@@H]2C(C)C)cc1. The Morgan fingerprint density at radius 2 is 1.93 bits per heavy atom. The lowest BCUT2D eigenvalue weighted by atomic mass is 9.90. The number of para-hydroxylation sites is 1. The standard InChI is InChI=1S/C22H25N3OS/c1-14(2)21-20-18(17-6-4-5-7-19(17)24-20)12-13-25(21)22(27)23-15-8-10-16(26-3)11-9-15/h4-11,14,21,24H,12-13H2,1-3H3,(H,23,27)/t21-/m0/s1. The molecule has 0 amide bonds. The number of anilines is 1. The van der Waals surface area contributed by atoms with Crippen molar-refractivity contribution in [3.05, 3.63) is 59.8 Å². The van der Waals surface area contributed by atoms with Crippen LogP contribution in [0.2, 0.25) is 0 Å². The second-order valence-corrected chi connectivity index (χ2v) is 7.74. The van der Waals surface area contributed by atoms with Crippen molar-refractivity contribution in [3.63, 3.8) is 0 Å². The summed E-state index contributed by atoms with van der Waals surface area (Å²) in [6.07, 6.45) is 0.993. The molecule has 0 fully saturated rings. The van der Waals surface area contributed by atoms with Crippen LogP contribution in [0.5, 0.6) is 5.75 Å². The van der Waals surface area contributed by atoms with E-state index in [-0.39, 0.29) is 6.04 Å². The van der Waals surface area contributed by atoms with Crippen molar-refractivity contribution in [2.75, 3.05) is 19.0 Å². The Bertz CT molecular complexity index is 961. The van der Waals surface area contributed by atoms with Gasteiger partial charge in [-0.25, -0.2) is 0 Å². The molecule has 1 aromatic heterocycles. The number of nitrogens with zero attached hydrogens (tertiary/aromatic N) is 1. The average Bonchev–Trinajstić information content (AvgIpc) is 3.06. The number of methoxy groups -OCH3 is 1. The summed E-state index contributed by atoms with van der Waals surface area (Å²) < 4.78 is 5.23. The van der Waals surface area contributed by atoms with Gasteiger partial charge in [-0.05, 0) is 60.5 Å². The Kier molecular flexibility index (Phi) is 4.79. The number of hydrogen-bond acceptors (Lipinski definition) is 2. The molecule has 0 bridgehead atoms. The number of H-pyrrole nitrogens is 1. The Hall–Kier alpha value is -2.53. The Morgan fingerprint density at radius 1 is 1.19 bits per heavy atom. The van der Waals surface area contributed by atoms with E-state index in [1.54, 1.807) is 7.11 Å². The van der Waals surface area contributed by atoms with Crippen molar-refractivity contribution in [2.45, 2.75) is 26.3 Å². The Labute approximate surface area is 165 Å². The summed E-state index contributed by atoms with van der Waals surface area (Å²) in [4.78, 5) is 5.99. The highest BCUT2D eigenvalue weighted by molar-refractivity contribution is 7.80. The minimum atomic E-state index is 0.236. The van der Waals surface area contributed by atoms with Gasteiger partial charge >= 0.3 is 0 Å². The fourth-order valence-electron chi connectivity index (χ4n) is 4.06. The van der Waals surface area contributed by atoms with Crippen LogP contribution in [0.15, 0.2) is 48.5 Å². The van der Waals surface area contributed by atoms with Gasteiger partial charge < -0.3 is 19.9 Å². The van der Waals surface area contributed by atoms with E-state index < -0.39 is 0 Å². The number of aromatic amines is 1. The first-order valence-electron chi connectivity index (χ1n) is 9.39. The third-order valence-corrected chi connectivity index (χ3v) is 5.65. The zero-order valence-corrected chi connectivity index (χ0v) is 16.8. The number of fused-ring (bicyclic) bond motifs is 3. The predicted octanol–water partition coefficient (Wildman–Crippen LogP) is 5.13. The second kappa shape index (κ2) is 7.24. The summed E-state index contributed by atoms with van der Waals surface area (Å²) in [5.41, 5.74) is 4.93. The van der Waals surface area contributed by atoms with Gasteiger partial charge in [0.05, 0.1) is 13.2 Å². The molecule has 1 aliphatic heterocycles. The van der Waals surface area contributed by atoms with Crippen LogP contribution in [-0.2, 0) is 6.42 Å². The quantitative estimate of drug-likeness (QED) is 0.619. The molecular formula is C22H25N3OS. The summed E-state index contributed by atoms with van der Waals surface area (Å²) in [6, 6.07) is 16.7. The molecule has 4 nitrogen and oxygen atoms in total. The molecule has 0 spiro atoms. The van der Waals surface area contributed by atoms with Gasteiger partial charge in [-0.1, -0.05) is 32.0 Å². The van der Waals surface area contributed by atoms with Gasteiger partial charge in [0.2, 0.25) is 0 Å². The average molecular weight is 380 g/mol. The van der Waals surface area contributed by atoms with Crippen molar-refractivity contribution in [3.8, 4) is 5.75 Å². The summed E-state index contributed by atoms with van der Waals surface area (Å²) in [5, 5.41) is 5.51. The lowest BCUT2D eigenvalue weighted by Gasteiger charge is -2.40. The smallest absolute Gasteiger partial charge is 0.174 e. The molecule has 2 heterocycles. The molecule has 0 saturated carbocycles. The molecule has 0 radical (unpaired) electrons. The van der Waals surface area contributed by atoms with Crippen molar-refractivity contribution >= 4 is 33.9 Å². The van der Waals surface area contributed by atoms with E-state index in [0.29, 0.717) is 5.92 Å². The topological polar surface area (TPSA) is 40.3 Å². The maximum atomic E-state index is 5.79. The summed E-state index contributed by atoms with van der Waals surface area (Å²) in [5.74, 6) is 1.28. The van der Waals surface area contributed by atoms with E-state index >= 15 is 0 Å². The minimum Gasteiger partial charge on any atom is -0.497 e. The van der Waals surface area contributed by atoms with Gasteiger partial charge in [0.15, 0.2) is 5.11 Å². The minimum absolute atomic E-state index is 0.236. The number of aromatic nitrogens is 1. The third kappa shape index (κ3) is 3.28. The highest BCUT2D eigenvalue weighted by Gasteiger charge is 2.33. The normalized spacial score (nSPS) is 16.4. The zero-order valence-electron chi connectivity index (χ0n) is 16.0. The van der Waals surface area contributed by atoms with Crippen molar-refractivity contribution < 1.29 is 4.74 Å². The van der Waals surface area contributed by atoms with E-state index in [4.69, 9.17) is 17.0 Å². The molecule has 27 heavy (non-hydrogen) atoms. The largest absolute Gasteiger partial charge is 0.497 e. The number of hydrogen-bond donors (Lipinski definition) is 2. The Morgan fingerprint density at radius 3 is 2.63 bits per heavy atom. The zero-order chi connectivity index (χ0) is 19.0. The third-order valence-electron chi connectivity index (χ3n) is 5.31. The van der Waals surface area contributed by atoms with Crippen molar-refractivity contribution in [1.29, 1.82) is 0 Å². The molecule has 0 unspecified atom stereocenters. The van der Waals surface area contributed by atoms with Gasteiger partial charge in [0, 0.05) is 28.8 Å². The molecule has 1 aliphatic rings. The summed E-state index contributed by atoms with van der Waals surface area (Å²) >= 11 is 5.79. The number of ether oxygens (including phenoxy) is 1. The highest BCUT2D eigenvalue weighted by atomic mass is 32.1. The summed E-state index contributed by atoms with van der Waals surface area (Å²) in [7, 11) is 1.67. The lowest BCUT2D eigenvalue weighted by molar-refractivity contribution is 0.237. The lowest BCUT2D eigenvalue weighted by Crippen LogP contribution is -2.44. The first-order chi connectivity index (χ1) is 13.1. The van der Waals surface area contributed by atoms with E-state index in [0.717, 1.165) is 29.5 Å². The molecule has 3 aromatic rings. The molecule has 2 N–H and O–H groups in total. The van der Waals surface area contributed by atoms with Crippen LogP contribution >= 0.6 is 12.2 Å². The van der Waals surface area contributed by atoms with Crippen LogP contribution in [0, 0.1) is 5.92 Å². The number of benzene rings is 2. The highest BCUT2D eigenvalue weighted by Crippen LogP contribution is 2.38. The van der Waals surface area contributed by atoms with Gasteiger partial charge in [-0.3, -0.25) is 0 Å². The Balaban J connectivity index is 1.63. The van der Waals surface area contributed by atoms with E-state index in [2.05, 4.69) is 53.3 Å². The first kappa shape index (κ1) is 17.9. The van der Waals surface area contributed by atoms with Gasteiger partial charge in [-0.2, -0.15) is 0 Å². The van der Waals surface area contributed by atoms with Crippen LogP contribution in [0.4, 0.5) is 5.69 Å². The molecule has 4 rings (SSSR count). The van der Waals surface area contributed by atoms with E-state index in [9.17, 15) is 0 Å². The number of rotatable bonds is 3. The fourth-order valence-corrected chi connectivity index (χ4v) is 4.38.